The highest BCUT2D eigenvalue weighted by Crippen LogP contribution is 2.05. The van der Waals surface area contributed by atoms with Crippen LogP contribution in [0.1, 0.15) is 19.8 Å². The molecule has 1 N–H and O–H groups in total. The van der Waals surface area contributed by atoms with E-state index in [-0.39, 0.29) is 24.4 Å². The summed E-state index contributed by atoms with van der Waals surface area (Å²) in [7, 11) is 0. The molecule has 76 valence electrons. The molecule has 1 atom stereocenters. The van der Waals surface area contributed by atoms with Crippen molar-refractivity contribution in [3.63, 3.8) is 0 Å². The number of hydrogen-bond acceptors (Lipinski definition) is 3. The van der Waals surface area contributed by atoms with E-state index >= 15 is 0 Å². The molecule has 0 radical (unpaired) electrons. The fraction of sp³-hybridized carbons (Fsp3) is 0.600. The zero-order valence-electron chi connectivity index (χ0n) is 8.25. The predicted octanol–water partition coefficient (Wildman–Crippen LogP) is -0.253. The van der Waals surface area contributed by atoms with Gasteiger partial charge in [-0.05, 0) is 13.3 Å². The van der Waals surface area contributed by atoms with Crippen molar-refractivity contribution in [3.05, 3.63) is 0 Å². The summed E-state index contributed by atoms with van der Waals surface area (Å²) in [5.74, 6) is 2.08. The minimum atomic E-state index is -0.231. The van der Waals surface area contributed by atoms with Gasteiger partial charge in [-0.25, -0.2) is 0 Å². The number of amides is 2. The van der Waals surface area contributed by atoms with Crippen molar-refractivity contribution >= 4 is 11.8 Å². The second kappa shape index (κ2) is 4.77. The fourth-order valence-corrected chi connectivity index (χ4v) is 1.43. The van der Waals surface area contributed by atoms with Crippen molar-refractivity contribution in [3.8, 4) is 12.3 Å². The summed E-state index contributed by atoms with van der Waals surface area (Å²) in [4.78, 5) is 24.1. The van der Waals surface area contributed by atoms with Crippen LogP contribution in [-0.2, 0) is 9.59 Å². The SMILES string of the molecule is C#CCCCN1CC(=O)NC(=O)C1C. The summed E-state index contributed by atoms with van der Waals surface area (Å²) < 4.78 is 0. The first-order valence-corrected chi connectivity index (χ1v) is 4.66. The number of carbonyl (C=O) groups excluding carboxylic acids is 2. The van der Waals surface area contributed by atoms with Gasteiger partial charge in [0.25, 0.3) is 0 Å². The van der Waals surface area contributed by atoms with Crippen LogP contribution in [0.2, 0.25) is 0 Å². The zero-order chi connectivity index (χ0) is 10.6. The molecule has 1 aliphatic rings. The van der Waals surface area contributed by atoms with Crippen molar-refractivity contribution in [2.75, 3.05) is 13.1 Å². The van der Waals surface area contributed by atoms with E-state index in [0.717, 1.165) is 6.42 Å². The Balaban J connectivity index is 2.46. The number of nitrogens with zero attached hydrogens (tertiary/aromatic N) is 1. The Morgan fingerprint density at radius 3 is 3.00 bits per heavy atom. The molecule has 0 aromatic carbocycles. The first-order chi connectivity index (χ1) is 6.65. The van der Waals surface area contributed by atoms with Crippen LogP contribution in [0, 0.1) is 12.3 Å². The van der Waals surface area contributed by atoms with Crippen LogP contribution >= 0.6 is 0 Å². The van der Waals surface area contributed by atoms with Crippen LogP contribution in [0.5, 0.6) is 0 Å². The van der Waals surface area contributed by atoms with Crippen molar-refractivity contribution in [1.82, 2.24) is 10.2 Å². The largest absolute Gasteiger partial charge is 0.294 e. The molecular weight excluding hydrogens is 180 g/mol. The predicted molar refractivity (Wildman–Crippen MR) is 52.3 cm³/mol. The lowest BCUT2D eigenvalue weighted by Crippen LogP contribution is -2.56. The van der Waals surface area contributed by atoms with E-state index in [4.69, 9.17) is 6.42 Å². The first kappa shape index (κ1) is 10.7. The zero-order valence-corrected chi connectivity index (χ0v) is 8.25. The Bertz CT molecular complexity index is 280. The molecule has 0 spiro atoms. The van der Waals surface area contributed by atoms with Gasteiger partial charge in [-0.2, -0.15) is 0 Å². The number of hydrogen-bond donors (Lipinski definition) is 1. The highest BCUT2D eigenvalue weighted by atomic mass is 16.2. The van der Waals surface area contributed by atoms with Crippen LogP contribution in [-0.4, -0.2) is 35.8 Å². The van der Waals surface area contributed by atoms with Gasteiger partial charge in [-0.3, -0.25) is 19.8 Å². The van der Waals surface area contributed by atoms with Crippen LogP contribution in [0.25, 0.3) is 0 Å². The van der Waals surface area contributed by atoms with Crippen molar-refractivity contribution < 1.29 is 9.59 Å². The number of piperazine rings is 1. The third kappa shape index (κ3) is 2.57. The Kier molecular flexibility index (Phi) is 3.66. The quantitative estimate of drug-likeness (QED) is 0.383. The number of rotatable bonds is 3. The monoisotopic (exact) mass is 194 g/mol. The minimum Gasteiger partial charge on any atom is -0.294 e. The van der Waals surface area contributed by atoms with Crippen LogP contribution in [0.4, 0.5) is 0 Å². The van der Waals surface area contributed by atoms with Gasteiger partial charge >= 0.3 is 0 Å². The van der Waals surface area contributed by atoms with E-state index in [1.54, 1.807) is 6.92 Å². The van der Waals surface area contributed by atoms with E-state index in [2.05, 4.69) is 11.2 Å². The second-order valence-corrected chi connectivity index (χ2v) is 3.37. The molecule has 1 saturated heterocycles. The second-order valence-electron chi connectivity index (χ2n) is 3.37. The number of carbonyl (C=O) groups is 2. The lowest BCUT2D eigenvalue weighted by atomic mass is 10.2. The smallest absolute Gasteiger partial charge is 0.243 e. The van der Waals surface area contributed by atoms with Crippen LogP contribution in [0.15, 0.2) is 0 Å². The Morgan fingerprint density at radius 1 is 1.64 bits per heavy atom. The molecule has 2 amide bonds. The van der Waals surface area contributed by atoms with Gasteiger partial charge in [-0.1, -0.05) is 0 Å². The number of unbranched alkanes of at least 4 members (excludes halogenated alkanes) is 1. The average molecular weight is 194 g/mol. The summed E-state index contributed by atoms with van der Waals surface area (Å²) in [6, 6.07) is -0.231. The van der Waals surface area contributed by atoms with Crippen molar-refractivity contribution in [2.24, 2.45) is 0 Å². The topological polar surface area (TPSA) is 49.4 Å². The van der Waals surface area contributed by atoms with Gasteiger partial charge < -0.3 is 0 Å². The summed E-state index contributed by atoms with van der Waals surface area (Å²) in [6.07, 6.45) is 6.62. The highest BCUT2D eigenvalue weighted by Gasteiger charge is 2.29. The molecule has 0 saturated carbocycles. The van der Waals surface area contributed by atoms with Crippen molar-refractivity contribution in [2.45, 2.75) is 25.8 Å². The highest BCUT2D eigenvalue weighted by molar-refractivity contribution is 6.00. The normalized spacial score (nSPS) is 23.0. The fourth-order valence-electron chi connectivity index (χ4n) is 1.43. The molecule has 4 nitrogen and oxygen atoms in total. The molecule has 1 fully saturated rings. The number of nitrogens with one attached hydrogen (secondary N) is 1. The maximum atomic E-state index is 11.2. The van der Waals surface area contributed by atoms with Gasteiger partial charge in [0.1, 0.15) is 0 Å². The van der Waals surface area contributed by atoms with Crippen molar-refractivity contribution in [1.29, 1.82) is 0 Å². The van der Waals surface area contributed by atoms with E-state index in [9.17, 15) is 9.59 Å². The third-order valence-corrected chi connectivity index (χ3v) is 2.30. The summed E-state index contributed by atoms with van der Waals surface area (Å²) in [6.45, 7) is 2.78. The summed E-state index contributed by atoms with van der Waals surface area (Å²) in [5, 5.41) is 2.29. The minimum absolute atomic E-state index is 0.220. The molecule has 4 heteroatoms. The molecule has 1 aliphatic heterocycles. The molecule has 0 aliphatic carbocycles. The van der Waals surface area contributed by atoms with Crippen LogP contribution < -0.4 is 5.32 Å². The maximum Gasteiger partial charge on any atom is 0.243 e. The van der Waals surface area contributed by atoms with Gasteiger partial charge in [0.2, 0.25) is 11.8 Å². The van der Waals surface area contributed by atoms with Crippen LogP contribution in [0.3, 0.4) is 0 Å². The number of terminal acetylenes is 1. The average Bonchev–Trinajstić information content (AvgIpc) is 2.13. The molecular formula is C10H14N2O2. The van der Waals surface area contributed by atoms with E-state index in [1.807, 2.05) is 4.90 Å². The van der Waals surface area contributed by atoms with Gasteiger partial charge in [0.05, 0.1) is 12.6 Å². The molecule has 0 bridgehead atoms. The van der Waals surface area contributed by atoms with E-state index in [1.165, 1.54) is 0 Å². The maximum absolute atomic E-state index is 11.2. The summed E-state index contributed by atoms with van der Waals surface area (Å²) in [5.41, 5.74) is 0. The number of imide groups is 1. The molecule has 0 aromatic rings. The van der Waals surface area contributed by atoms with Gasteiger partial charge in [-0.15, -0.1) is 12.3 Å². The van der Waals surface area contributed by atoms with E-state index < -0.39 is 0 Å². The Labute approximate surface area is 83.6 Å². The van der Waals surface area contributed by atoms with Gasteiger partial charge in [0.15, 0.2) is 0 Å². The molecule has 14 heavy (non-hydrogen) atoms. The summed E-state index contributed by atoms with van der Waals surface area (Å²) >= 11 is 0. The third-order valence-electron chi connectivity index (χ3n) is 2.30. The molecule has 1 rings (SSSR count). The molecule has 0 aromatic heterocycles. The van der Waals surface area contributed by atoms with Gasteiger partial charge in [0, 0.05) is 13.0 Å². The van der Waals surface area contributed by atoms with E-state index in [0.29, 0.717) is 13.0 Å². The lowest BCUT2D eigenvalue weighted by molar-refractivity contribution is -0.139. The lowest BCUT2D eigenvalue weighted by Gasteiger charge is -2.31. The molecule has 1 heterocycles. The Hall–Kier alpha value is -1.34. The Morgan fingerprint density at radius 2 is 2.36 bits per heavy atom. The first-order valence-electron chi connectivity index (χ1n) is 4.66. The standard InChI is InChI=1S/C10H14N2O2/c1-3-4-5-6-12-7-9(13)11-10(14)8(12)2/h1,8H,4-7H2,2H3,(H,11,13,14). The molecule has 1 unspecified atom stereocenters.